The fourth-order valence-electron chi connectivity index (χ4n) is 0.884. The summed E-state index contributed by atoms with van der Waals surface area (Å²) < 4.78 is 57.4. The summed E-state index contributed by atoms with van der Waals surface area (Å²) in [5.74, 6) is -0.578. The molecular weight excluding hydrogens is 233 g/mol. The van der Waals surface area contributed by atoms with Gasteiger partial charge in [0.05, 0.1) is 11.3 Å². The summed E-state index contributed by atoms with van der Waals surface area (Å²) in [5, 5.41) is 4.70. The predicted molar refractivity (Wildman–Crippen MR) is 46.1 cm³/mol. The minimum absolute atomic E-state index is 0.0227. The highest BCUT2D eigenvalue weighted by Crippen LogP contribution is 2.28. The van der Waals surface area contributed by atoms with Crippen LogP contribution in [0.25, 0.3) is 0 Å². The molecule has 0 unspecified atom stereocenters. The molecule has 1 aromatic rings. The maximum Gasteiger partial charge on any atom is 0.417 e. The summed E-state index contributed by atoms with van der Waals surface area (Å²) in [7, 11) is -3.77. The van der Waals surface area contributed by atoms with Gasteiger partial charge in [-0.15, -0.1) is 0 Å². The van der Waals surface area contributed by atoms with E-state index in [9.17, 15) is 21.6 Å². The highest BCUT2D eigenvalue weighted by Gasteiger charge is 2.30. The van der Waals surface area contributed by atoms with Crippen LogP contribution in [0.5, 0.6) is 0 Å². The van der Waals surface area contributed by atoms with E-state index in [4.69, 9.17) is 5.14 Å². The van der Waals surface area contributed by atoms with Crippen molar-refractivity contribution >= 4 is 10.0 Å². The zero-order valence-corrected chi connectivity index (χ0v) is 8.14. The van der Waals surface area contributed by atoms with Gasteiger partial charge < -0.3 is 0 Å². The van der Waals surface area contributed by atoms with E-state index in [0.29, 0.717) is 6.20 Å². The van der Waals surface area contributed by atoms with Crippen LogP contribution >= 0.6 is 0 Å². The molecule has 0 amide bonds. The van der Waals surface area contributed by atoms with Gasteiger partial charge in [-0.1, -0.05) is 0 Å². The van der Waals surface area contributed by atoms with Gasteiger partial charge in [-0.25, -0.2) is 13.6 Å². The molecule has 0 radical (unpaired) electrons. The molecule has 1 aromatic heterocycles. The van der Waals surface area contributed by atoms with Crippen LogP contribution in [0.3, 0.4) is 0 Å². The molecule has 15 heavy (non-hydrogen) atoms. The van der Waals surface area contributed by atoms with Crippen LogP contribution in [0.2, 0.25) is 0 Å². The first-order valence-corrected chi connectivity index (χ1v) is 5.42. The number of rotatable bonds is 2. The van der Waals surface area contributed by atoms with Crippen LogP contribution in [-0.4, -0.2) is 13.4 Å². The molecular formula is C7H7F3N2O2S. The number of hydrogen-bond donors (Lipinski definition) is 1. The summed E-state index contributed by atoms with van der Waals surface area (Å²) >= 11 is 0. The van der Waals surface area contributed by atoms with Crippen molar-refractivity contribution in [2.24, 2.45) is 5.14 Å². The topological polar surface area (TPSA) is 73.1 Å². The zero-order chi connectivity index (χ0) is 11.7. The van der Waals surface area contributed by atoms with Crippen molar-refractivity contribution in [1.82, 2.24) is 4.98 Å². The van der Waals surface area contributed by atoms with E-state index in [1.165, 1.54) is 0 Å². The Hall–Kier alpha value is -1.15. The van der Waals surface area contributed by atoms with Crippen molar-refractivity contribution < 1.29 is 21.6 Å². The Bertz CT molecular complexity index is 438. The van der Waals surface area contributed by atoms with E-state index in [1.54, 1.807) is 0 Å². The lowest BCUT2D eigenvalue weighted by Crippen LogP contribution is -2.15. The average Bonchev–Trinajstić information content (AvgIpc) is 2.00. The maximum atomic E-state index is 12.1. The quantitative estimate of drug-likeness (QED) is 0.834. The van der Waals surface area contributed by atoms with Crippen molar-refractivity contribution in [3.8, 4) is 0 Å². The second kappa shape index (κ2) is 3.78. The van der Waals surface area contributed by atoms with Crippen LogP contribution in [0.15, 0.2) is 18.3 Å². The van der Waals surface area contributed by atoms with E-state index in [2.05, 4.69) is 4.98 Å². The number of sulfonamides is 1. The molecule has 0 aromatic carbocycles. The Morgan fingerprint density at radius 2 is 1.93 bits per heavy atom. The fourth-order valence-corrected chi connectivity index (χ4v) is 1.47. The summed E-state index contributed by atoms with van der Waals surface area (Å²) in [6.45, 7) is 0. The highest BCUT2D eigenvalue weighted by molar-refractivity contribution is 7.88. The van der Waals surface area contributed by atoms with Crippen molar-refractivity contribution in [2.75, 3.05) is 0 Å². The molecule has 0 spiro atoms. The largest absolute Gasteiger partial charge is 0.417 e. The summed E-state index contributed by atoms with van der Waals surface area (Å²) in [5.41, 5.74) is -0.953. The lowest BCUT2D eigenvalue weighted by atomic mass is 10.2. The van der Waals surface area contributed by atoms with Crippen LogP contribution in [0.4, 0.5) is 13.2 Å². The van der Waals surface area contributed by atoms with Crippen molar-refractivity contribution in [3.05, 3.63) is 29.6 Å². The molecule has 0 saturated heterocycles. The fraction of sp³-hybridized carbons (Fsp3) is 0.286. The standard InChI is InChI=1S/C7H7F3N2O2S/c8-7(9,10)5-1-2-6(12-3-5)4-15(11,13)14/h1-3H,4H2,(H2,11,13,14). The monoisotopic (exact) mass is 240 g/mol. The van der Waals surface area contributed by atoms with Gasteiger partial charge in [0.2, 0.25) is 10.0 Å². The molecule has 0 aliphatic carbocycles. The van der Waals surface area contributed by atoms with Gasteiger partial charge >= 0.3 is 6.18 Å². The molecule has 1 heterocycles. The Balaban J connectivity index is 2.91. The molecule has 0 atom stereocenters. The minimum Gasteiger partial charge on any atom is -0.260 e. The van der Waals surface area contributed by atoms with Gasteiger partial charge in [-0.2, -0.15) is 13.2 Å². The highest BCUT2D eigenvalue weighted by atomic mass is 32.2. The average molecular weight is 240 g/mol. The lowest BCUT2D eigenvalue weighted by Gasteiger charge is -2.06. The lowest BCUT2D eigenvalue weighted by molar-refractivity contribution is -0.137. The van der Waals surface area contributed by atoms with Crippen LogP contribution < -0.4 is 5.14 Å². The second-order valence-electron chi connectivity index (χ2n) is 2.84. The molecule has 84 valence electrons. The van der Waals surface area contributed by atoms with Gasteiger partial charge in [0.1, 0.15) is 5.75 Å². The Kier molecular flexibility index (Phi) is 3.00. The normalized spacial score (nSPS) is 12.8. The summed E-state index contributed by atoms with van der Waals surface area (Å²) in [4.78, 5) is 3.35. The third-order valence-corrected chi connectivity index (χ3v) is 2.20. The first kappa shape index (κ1) is 11.9. The molecule has 0 aliphatic rings. The molecule has 0 fully saturated rings. The van der Waals surface area contributed by atoms with Crippen LogP contribution in [0.1, 0.15) is 11.3 Å². The molecule has 0 bridgehead atoms. The first-order chi connectivity index (χ1) is 6.68. The van der Waals surface area contributed by atoms with Crippen LogP contribution in [0, 0.1) is 0 Å². The Morgan fingerprint density at radius 1 is 1.33 bits per heavy atom. The third-order valence-electron chi connectivity index (χ3n) is 1.50. The molecule has 4 nitrogen and oxygen atoms in total. The molecule has 0 aliphatic heterocycles. The number of alkyl halides is 3. The Morgan fingerprint density at radius 3 is 2.27 bits per heavy atom. The maximum absolute atomic E-state index is 12.1. The first-order valence-electron chi connectivity index (χ1n) is 3.71. The van der Waals surface area contributed by atoms with Gasteiger partial charge in [-0.3, -0.25) is 4.98 Å². The number of hydrogen-bond acceptors (Lipinski definition) is 3. The number of nitrogens with two attached hydrogens (primary N) is 1. The number of aromatic nitrogens is 1. The van der Waals surface area contributed by atoms with E-state index in [0.717, 1.165) is 12.1 Å². The van der Waals surface area contributed by atoms with E-state index in [1.807, 2.05) is 0 Å². The molecule has 8 heteroatoms. The van der Waals surface area contributed by atoms with Crippen molar-refractivity contribution in [1.29, 1.82) is 0 Å². The van der Waals surface area contributed by atoms with Crippen molar-refractivity contribution in [2.45, 2.75) is 11.9 Å². The Labute approximate surface area is 84.0 Å². The van der Waals surface area contributed by atoms with E-state index in [-0.39, 0.29) is 5.69 Å². The molecule has 1 rings (SSSR count). The third kappa shape index (κ3) is 3.84. The van der Waals surface area contributed by atoms with Gasteiger partial charge in [0.25, 0.3) is 0 Å². The van der Waals surface area contributed by atoms with E-state index >= 15 is 0 Å². The molecule has 2 N–H and O–H groups in total. The predicted octanol–water partition coefficient (Wildman–Crippen LogP) is 0.889. The van der Waals surface area contributed by atoms with Gasteiger partial charge in [0, 0.05) is 6.20 Å². The molecule has 0 saturated carbocycles. The minimum atomic E-state index is -4.48. The van der Waals surface area contributed by atoms with Gasteiger partial charge in [0.15, 0.2) is 0 Å². The van der Waals surface area contributed by atoms with E-state index < -0.39 is 27.5 Å². The zero-order valence-electron chi connectivity index (χ0n) is 7.32. The number of primary sulfonamides is 1. The number of pyridine rings is 1. The number of nitrogens with zero attached hydrogens (tertiary/aromatic N) is 1. The van der Waals surface area contributed by atoms with Crippen LogP contribution in [-0.2, 0) is 22.0 Å². The smallest absolute Gasteiger partial charge is 0.260 e. The van der Waals surface area contributed by atoms with Crippen molar-refractivity contribution in [3.63, 3.8) is 0 Å². The summed E-state index contributed by atoms with van der Waals surface area (Å²) in [6, 6.07) is 1.74. The van der Waals surface area contributed by atoms with Gasteiger partial charge in [-0.05, 0) is 12.1 Å². The SMILES string of the molecule is NS(=O)(=O)Cc1ccc(C(F)(F)F)cn1. The second-order valence-corrected chi connectivity index (χ2v) is 4.46. The summed E-state index contributed by atoms with van der Waals surface area (Å²) in [6.07, 6.45) is -3.91. The number of halogens is 3.